The number of aromatic nitrogens is 4. The van der Waals surface area contributed by atoms with Gasteiger partial charge < -0.3 is 4.57 Å². The van der Waals surface area contributed by atoms with Crippen LogP contribution in [0.15, 0.2) is 206 Å². The summed E-state index contributed by atoms with van der Waals surface area (Å²) in [4.78, 5) is 15.8. The zero-order valence-electron chi connectivity index (χ0n) is 32.3. The maximum atomic E-state index is 5.40. The van der Waals surface area contributed by atoms with E-state index >= 15 is 0 Å². The minimum Gasteiger partial charge on any atom is -0.309 e. The molecule has 0 unspecified atom stereocenters. The Morgan fingerprint density at radius 2 is 0.933 bits per heavy atom. The largest absolute Gasteiger partial charge is 0.309 e. The number of fused-ring (bicyclic) bond motifs is 8. The van der Waals surface area contributed by atoms with Crippen molar-refractivity contribution in [3.8, 4) is 62.0 Å². The smallest absolute Gasteiger partial charge is 0.160 e. The van der Waals surface area contributed by atoms with Gasteiger partial charge in [-0.05, 0) is 53.6 Å². The van der Waals surface area contributed by atoms with Gasteiger partial charge in [-0.15, -0.1) is 11.3 Å². The molecule has 0 saturated heterocycles. The van der Waals surface area contributed by atoms with Crippen LogP contribution in [0.25, 0.3) is 115 Å². The number of nitrogens with zero attached hydrogens (tertiary/aromatic N) is 4. The van der Waals surface area contributed by atoms with Crippen LogP contribution < -0.4 is 0 Å². The van der Waals surface area contributed by atoms with Gasteiger partial charge in [-0.2, -0.15) is 0 Å². The van der Waals surface area contributed by atoms with Crippen LogP contribution >= 0.6 is 11.3 Å². The lowest BCUT2D eigenvalue weighted by Crippen LogP contribution is -1.97. The standard InChI is InChI=1S/C55H34N4S/c1-3-14-35(15-4-1)41-21-13-22-45-51(41)52-44-20-9-12-25-50(44)60-54(52)53(56-45)38-26-28-39(29-27-38)55-57-46(36-16-5-2-6-17-36)34-47(58-55)37-30-32-40(33-31-37)59-48-23-10-7-18-42(48)43-19-8-11-24-49(43)59/h1-34H. The molecule has 0 radical (unpaired) electrons. The van der Waals surface area contributed by atoms with Crippen molar-refractivity contribution in [2.45, 2.75) is 0 Å². The molecule has 12 rings (SSSR count). The molecular weight excluding hydrogens is 749 g/mol. The van der Waals surface area contributed by atoms with Crippen LogP contribution in [0.5, 0.6) is 0 Å². The minimum atomic E-state index is 0.676. The first-order valence-corrected chi connectivity index (χ1v) is 21.0. The zero-order chi connectivity index (χ0) is 39.6. The summed E-state index contributed by atoms with van der Waals surface area (Å²) in [5.41, 5.74) is 13.7. The van der Waals surface area contributed by atoms with Gasteiger partial charge in [-0.25, -0.2) is 15.0 Å². The Balaban J connectivity index is 0.970. The molecule has 4 heterocycles. The second-order valence-corrected chi connectivity index (χ2v) is 16.2. The Morgan fingerprint density at radius 3 is 1.62 bits per heavy atom. The number of pyridine rings is 1. The number of para-hydroxylation sites is 2. The monoisotopic (exact) mass is 782 g/mol. The highest BCUT2D eigenvalue weighted by atomic mass is 32.1. The molecule has 4 aromatic heterocycles. The molecule has 0 aliphatic heterocycles. The summed E-state index contributed by atoms with van der Waals surface area (Å²) in [5, 5.41) is 6.20. The molecule has 0 bridgehead atoms. The predicted molar refractivity (Wildman–Crippen MR) is 252 cm³/mol. The average Bonchev–Trinajstić information content (AvgIpc) is 3.88. The third-order valence-corrected chi connectivity index (χ3v) is 12.8. The van der Waals surface area contributed by atoms with Gasteiger partial charge in [-0.1, -0.05) is 164 Å². The van der Waals surface area contributed by atoms with Crippen molar-refractivity contribution in [2.75, 3.05) is 0 Å². The molecule has 5 heteroatoms. The van der Waals surface area contributed by atoms with Gasteiger partial charge in [0.15, 0.2) is 5.82 Å². The summed E-state index contributed by atoms with van der Waals surface area (Å²) in [5.74, 6) is 0.676. The molecule has 0 fully saturated rings. The first-order chi connectivity index (χ1) is 29.7. The highest BCUT2D eigenvalue weighted by molar-refractivity contribution is 7.26. The molecule has 0 aliphatic carbocycles. The van der Waals surface area contributed by atoms with E-state index in [2.05, 4.69) is 205 Å². The number of hydrogen-bond acceptors (Lipinski definition) is 4. The number of thiophene rings is 1. The summed E-state index contributed by atoms with van der Waals surface area (Å²) >= 11 is 1.81. The van der Waals surface area contributed by atoms with Gasteiger partial charge in [-0.3, -0.25) is 0 Å². The minimum absolute atomic E-state index is 0.676. The van der Waals surface area contributed by atoms with Crippen molar-refractivity contribution in [2.24, 2.45) is 0 Å². The second kappa shape index (κ2) is 14.0. The van der Waals surface area contributed by atoms with E-state index in [0.29, 0.717) is 5.82 Å². The van der Waals surface area contributed by atoms with Crippen molar-refractivity contribution in [1.82, 2.24) is 19.5 Å². The fourth-order valence-corrected chi connectivity index (χ4v) is 10.0. The molecule has 12 aromatic rings. The van der Waals surface area contributed by atoms with Gasteiger partial charge in [0, 0.05) is 59.6 Å². The molecular formula is C55H34N4S. The van der Waals surface area contributed by atoms with E-state index in [4.69, 9.17) is 15.0 Å². The van der Waals surface area contributed by atoms with Crippen LogP contribution in [0.4, 0.5) is 0 Å². The number of rotatable bonds is 6. The van der Waals surface area contributed by atoms with E-state index in [1.807, 2.05) is 17.4 Å². The number of benzene rings is 8. The molecule has 280 valence electrons. The molecule has 0 saturated carbocycles. The molecule has 0 atom stereocenters. The summed E-state index contributed by atoms with van der Waals surface area (Å²) in [6.07, 6.45) is 0. The van der Waals surface area contributed by atoms with Crippen LogP contribution in [0.1, 0.15) is 0 Å². The molecule has 60 heavy (non-hydrogen) atoms. The Kier molecular flexibility index (Phi) is 8.00. The molecule has 8 aromatic carbocycles. The first kappa shape index (κ1) is 34.3. The lowest BCUT2D eigenvalue weighted by molar-refractivity contribution is 1.17. The molecule has 0 spiro atoms. The maximum Gasteiger partial charge on any atom is 0.160 e. The van der Waals surface area contributed by atoms with Gasteiger partial charge >= 0.3 is 0 Å². The van der Waals surface area contributed by atoms with Gasteiger partial charge in [0.1, 0.15) is 0 Å². The van der Waals surface area contributed by atoms with E-state index in [0.717, 1.165) is 50.5 Å². The van der Waals surface area contributed by atoms with Crippen LogP contribution in [0.2, 0.25) is 0 Å². The normalized spacial score (nSPS) is 11.7. The van der Waals surface area contributed by atoms with Crippen molar-refractivity contribution < 1.29 is 0 Å². The summed E-state index contributed by atoms with van der Waals surface area (Å²) in [6, 6.07) is 72.9. The third kappa shape index (κ3) is 5.63. The Bertz CT molecular complexity index is 3520. The lowest BCUT2D eigenvalue weighted by atomic mass is 9.95. The van der Waals surface area contributed by atoms with Crippen molar-refractivity contribution in [1.29, 1.82) is 0 Å². The SMILES string of the molecule is c1ccc(-c2cc(-c3ccc(-n4c5ccccc5c5ccccc54)cc3)nc(-c3ccc(-c4nc5cccc(-c6ccccc6)c5c5c4sc4ccccc45)cc3)n2)cc1. The van der Waals surface area contributed by atoms with Crippen LogP contribution in [0.3, 0.4) is 0 Å². The third-order valence-electron chi connectivity index (χ3n) is 11.6. The first-order valence-electron chi connectivity index (χ1n) is 20.2. The fraction of sp³-hybridized carbons (Fsp3) is 0. The van der Waals surface area contributed by atoms with E-state index in [9.17, 15) is 0 Å². The van der Waals surface area contributed by atoms with Crippen molar-refractivity contribution in [3.63, 3.8) is 0 Å². The van der Waals surface area contributed by atoms with Gasteiger partial charge in [0.25, 0.3) is 0 Å². The van der Waals surface area contributed by atoms with Gasteiger partial charge in [0.05, 0.1) is 38.3 Å². The molecule has 0 aliphatic rings. The molecule has 0 N–H and O–H groups in total. The predicted octanol–water partition coefficient (Wildman–Crippen LogP) is 14.8. The van der Waals surface area contributed by atoms with Crippen LogP contribution in [-0.2, 0) is 0 Å². The maximum absolute atomic E-state index is 5.40. The quantitative estimate of drug-likeness (QED) is 0.169. The highest BCUT2D eigenvalue weighted by Gasteiger charge is 2.20. The zero-order valence-corrected chi connectivity index (χ0v) is 33.1. The van der Waals surface area contributed by atoms with E-state index in [1.165, 1.54) is 58.5 Å². The van der Waals surface area contributed by atoms with E-state index < -0.39 is 0 Å². The van der Waals surface area contributed by atoms with Gasteiger partial charge in [0.2, 0.25) is 0 Å². The summed E-state index contributed by atoms with van der Waals surface area (Å²) in [7, 11) is 0. The van der Waals surface area contributed by atoms with E-state index in [-0.39, 0.29) is 0 Å². The average molecular weight is 783 g/mol. The Hall–Kier alpha value is -7.73. The topological polar surface area (TPSA) is 43.6 Å². The van der Waals surface area contributed by atoms with Crippen LogP contribution in [-0.4, -0.2) is 19.5 Å². The lowest BCUT2D eigenvalue weighted by Gasteiger charge is -2.13. The van der Waals surface area contributed by atoms with Crippen LogP contribution in [0, 0.1) is 0 Å². The van der Waals surface area contributed by atoms with Crippen molar-refractivity contribution in [3.05, 3.63) is 206 Å². The second-order valence-electron chi connectivity index (χ2n) is 15.2. The molecule has 4 nitrogen and oxygen atoms in total. The van der Waals surface area contributed by atoms with Crippen molar-refractivity contribution >= 4 is 64.2 Å². The fourth-order valence-electron chi connectivity index (χ4n) is 8.82. The summed E-state index contributed by atoms with van der Waals surface area (Å²) < 4.78 is 4.79. The number of hydrogen-bond donors (Lipinski definition) is 0. The highest BCUT2D eigenvalue weighted by Crippen LogP contribution is 2.45. The molecule has 0 amide bonds. The Morgan fingerprint density at radius 1 is 0.383 bits per heavy atom. The summed E-state index contributed by atoms with van der Waals surface area (Å²) in [6.45, 7) is 0. The Labute approximate surface area is 350 Å². The van der Waals surface area contributed by atoms with E-state index in [1.54, 1.807) is 0 Å².